The fourth-order valence-electron chi connectivity index (χ4n) is 1.15. The van der Waals surface area contributed by atoms with Crippen molar-refractivity contribution in [3.8, 4) is 0 Å². The molecule has 0 saturated heterocycles. The first-order chi connectivity index (χ1) is 6.15. The van der Waals surface area contributed by atoms with Gasteiger partial charge in [0.2, 0.25) is 0 Å². The number of nitrogens with one attached hydrogen (secondary N) is 1. The van der Waals surface area contributed by atoms with Crippen molar-refractivity contribution >= 4 is 5.69 Å². The maximum atomic E-state index is 12.6. The fraction of sp³-hybridized carbons (Fsp3) is 0.333. The summed E-state index contributed by atoms with van der Waals surface area (Å²) in [6.45, 7) is 0.399. The van der Waals surface area contributed by atoms with E-state index in [1.54, 1.807) is 7.05 Å². The molecule has 0 aromatic heterocycles. The molecule has 4 N–H and O–H groups in total. The summed E-state index contributed by atoms with van der Waals surface area (Å²) < 4.78 is 12.6. The number of aliphatic hydroxyl groups is 1. The van der Waals surface area contributed by atoms with Crippen LogP contribution in [0.5, 0.6) is 0 Å². The van der Waals surface area contributed by atoms with E-state index in [4.69, 9.17) is 5.73 Å². The summed E-state index contributed by atoms with van der Waals surface area (Å²) in [5.41, 5.74) is 6.36. The van der Waals surface area contributed by atoms with Crippen LogP contribution in [-0.4, -0.2) is 18.7 Å². The number of likely N-dealkylation sites (N-methyl/N-ethyl adjacent to an activating group) is 1. The van der Waals surface area contributed by atoms with Crippen molar-refractivity contribution in [2.45, 2.75) is 6.10 Å². The van der Waals surface area contributed by atoms with Crippen LogP contribution in [0.1, 0.15) is 11.7 Å². The van der Waals surface area contributed by atoms with Crippen LogP contribution in [-0.2, 0) is 0 Å². The van der Waals surface area contributed by atoms with Gasteiger partial charge < -0.3 is 16.2 Å². The molecule has 4 heteroatoms. The third-order valence-electron chi connectivity index (χ3n) is 1.81. The fourth-order valence-corrected chi connectivity index (χ4v) is 1.15. The van der Waals surface area contributed by atoms with Crippen molar-refractivity contribution < 1.29 is 9.50 Å². The average Bonchev–Trinajstić information content (AvgIpc) is 2.04. The molecule has 72 valence electrons. The Morgan fingerprint density at radius 2 is 2.31 bits per heavy atom. The van der Waals surface area contributed by atoms with Crippen LogP contribution in [0.15, 0.2) is 18.2 Å². The summed E-state index contributed by atoms with van der Waals surface area (Å²) in [4.78, 5) is 0. The predicted octanol–water partition coefficient (Wildman–Crippen LogP) is 0.661. The molecular formula is C9H13FN2O. The van der Waals surface area contributed by atoms with Crippen molar-refractivity contribution in [2.24, 2.45) is 0 Å². The van der Waals surface area contributed by atoms with Crippen LogP contribution in [0.25, 0.3) is 0 Å². The second-order valence-electron chi connectivity index (χ2n) is 2.85. The monoisotopic (exact) mass is 184 g/mol. The van der Waals surface area contributed by atoms with Crippen molar-refractivity contribution in [3.05, 3.63) is 29.6 Å². The minimum absolute atomic E-state index is 0.280. The summed E-state index contributed by atoms with van der Waals surface area (Å²) in [7, 11) is 1.73. The zero-order chi connectivity index (χ0) is 9.84. The van der Waals surface area contributed by atoms with Gasteiger partial charge in [-0.1, -0.05) is 6.07 Å². The van der Waals surface area contributed by atoms with Crippen molar-refractivity contribution in [2.75, 3.05) is 19.3 Å². The molecule has 0 spiro atoms. The van der Waals surface area contributed by atoms with E-state index >= 15 is 0 Å². The van der Waals surface area contributed by atoms with Crippen LogP contribution in [0.4, 0.5) is 10.1 Å². The number of halogens is 1. The number of nitrogen functional groups attached to an aromatic ring is 1. The first-order valence-electron chi connectivity index (χ1n) is 4.02. The second kappa shape index (κ2) is 4.20. The quantitative estimate of drug-likeness (QED) is 0.605. The molecule has 0 heterocycles. The largest absolute Gasteiger partial charge is 0.398 e. The summed E-state index contributed by atoms with van der Waals surface area (Å²) in [5.74, 6) is -0.391. The molecule has 0 saturated carbocycles. The molecule has 0 aliphatic carbocycles. The Bertz CT molecular complexity index is 291. The number of hydrogen-bond donors (Lipinski definition) is 3. The molecule has 0 amide bonds. The minimum Gasteiger partial charge on any atom is -0.398 e. The lowest BCUT2D eigenvalue weighted by Gasteiger charge is -2.12. The Hall–Kier alpha value is -1.13. The van der Waals surface area contributed by atoms with Gasteiger partial charge in [0.15, 0.2) is 0 Å². The van der Waals surface area contributed by atoms with E-state index in [1.165, 1.54) is 18.2 Å². The topological polar surface area (TPSA) is 58.3 Å². The summed E-state index contributed by atoms with van der Waals surface area (Å²) in [6.07, 6.45) is -0.689. The van der Waals surface area contributed by atoms with Gasteiger partial charge in [0, 0.05) is 17.8 Å². The van der Waals surface area contributed by atoms with Crippen molar-refractivity contribution in [1.82, 2.24) is 5.32 Å². The number of rotatable bonds is 3. The Morgan fingerprint density at radius 3 is 2.85 bits per heavy atom. The Balaban J connectivity index is 2.88. The van der Waals surface area contributed by atoms with Gasteiger partial charge in [-0.2, -0.15) is 0 Å². The zero-order valence-corrected chi connectivity index (χ0v) is 7.42. The maximum Gasteiger partial charge on any atom is 0.125 e. The number of anilines is 1. The molecule has 1 unspecified atom stereocenters. The van der Waals surface area contributed by atoms with Gasteiger partial charge in [0.05, 0.1) is 6.10 Å². The summed E-state index contributed by atoms with van der Waals surface area (Å²) >= 11 is 0. The van der Waals surface area contributed by atoms with Crippen LogP contribution in [0, 0.1) is 5.82 Å². The van der Waals surface area contributed by atoms with Gasteiger partial charge in [-0.25, -0.2) is 4.39 Å². The lowest BCUT2D eigenvalue weighted by molar-refractivity contribution is 0.178. The van der Waals surface area contributed by atoms with E-state index in [1.807, 2.05) is 0 Å². The number of nitrogens with two attached hydrogens (primary N) is 1. The molecule has 1 aromatic carbocycles. The smallest absolute Gasteiger partial charge is 0.125 e. The summed E-state index contributed by atoms with van der Waals surface area (Å²) in [5, 5.41) is 12.3. The molecule has 0 aliphatic rings. The van der Waals surface area contributed by atoms with E-state index in [2.05, 4.69) is 5.32 Å². The zero-order valence-electron chi connectivity index (χ0n) is 7.42. The Kier molecular flexibility index (Phi) is 3.22. The van der Waals surface area contributed by atoms with E-state index in [9.17, 15) is 9.50 Å². The maximum absolute atomic E-state index is 12.6. The standard InChI is InChI=1S/C9H13FN2O/c1-12-5-9(13)7-3-2-6(10)4-8(7)11/h2-4,9,12-13H,5,11H2,1H3. The van der Waals surface area contributed by atoms with E-state index < -0.39 is 11.9 Å². The summed E-state index contributed by atoms with van der Waals surface area (Å²) in [6, 6.07) is 3.98. The first-order valence-corrected chi connectivity index (χ1v) is 4.02. The normalized spacial score (nSPS) is 12.8. The van der Waals surface area contributed by atoms with E-state index in [0.717, 1.165) is 0 Å². The molecule has 0 radical (unpaired) electrons. The van der Waals surface area contributed by atoms with Gasteiger partial charge in [-0.3, -0.25) is 0 Å². The molecule has 0 bridgehead atoms. The highest BCUT2D eigenvalue weighted by molar-refractivity contribution is 5.48. The van der Waals surface area contributed by atoms with Crippen molar-refractivity contribution in [3.63, 3.8) is 0 Å². The molecule has 13 heavy (non-hydrogen) atoms. The third kappa shape index (κ3) is 2.40. The molecule has 1 atom stereocenters. The molecule has 1 aromatic rings. The average molecular weight is 184 g/mol. The van der Waals surface area contributed by atoms with Gasteiger partial charge in [-0.15, -0.1) is 0 Å². The highest BCUT2D eigenvalue weighted by Gasteiger charge is 2.09. The van der Waals surface area contributed by atoms with Crippen LogP contribution < -0.4 is 11.1 Å². The van der Waals surface area contributed by atoms with Gasteiger partial charge in [-0.05, 0) is 19.2 Å². The minimum atomic E-state index is -0.689. The SMILES string of the molecule is CNCC(O)c1ccc(F)cc1N. The van der Waals surface area contributed by atoms with E-state index in [0.29, 0.717) is 12.1 Å². The molecule has 0 fully saturated rings. The van der Waals surface area contributed by atoms with Gasteiger partial charge in [0.25, 0.3) is 0 Å². The van der Waals surface area contributed by atoms with Crippen LogP contribution in [0.3, 0.4) is 0 Å². The lowest BCUT2D eigenvalue weighted by atomic mass is 10.1. The number of aliphatic hydroxyl groups excluding tert-OH is 1. The molecular weight excluding hydrogens is 171 g/mol. The number of hydrogen-bond acceptors (Lipinski definition) is 3. The predicted molar refractivity (Wildman–Crippen MR) is 49.7 cm³/mol. The Labute approximate surface area is 76.4 Å². The Morgan fingerprint density at radius 1 is 1.62 bits per heavy atom. The lowest BCUT2D eigenvalue weighted by Crippen LogP contribution is -2.17. The molecule has 3 nitrogen and oxygen atoms in total. The third-order valence-corrected chi connectivity index (χ3v) is 1.81. The number of benzene rings is 1. The highest BCUT2D eigenvalue weighted by Crippen LogP contribution is 2.20. The van der Waals surface area contributed by atoms with Gasteiger partial charge in [0.1, 0.15) is 5.82 Å². The molecule has 0 aliphatic heterocycles. The molecule has 1 rings (SSSR count). The van der Waals surface area contributed by atoms with Crippen LogP contribution in [0.2, 0.25) is 0 Å². The first kappa shape index (κ1) is 9.95. The second-order valence-corrected chi connectivity index (χ2v) is 2.85. The van der Waals surface area contributed by atoms with E-state index in [-0.39, 0.29) is 5.69 Å². The van der Waals surface area contributed by atoms with Crippen LogP contribution >= 0.6 is 0 Å². The van der Waals surface area contributed by atoms with Crippen molar-refractivity contribution in [1.29, 1.82) is 0 Å². The van der Waals surface area contributed by atoms with Gasteiger partial charge >= 0.3 is 0 Å². The highest BCUT2D eigenvalue weighted by atomic mass is 19.1.